The van der Waals surface area contributed by atoms with Crippen LogP contribution in [-0.2, 0) is 4.79 Å². The van der Waals surface area contributed by atoms with Gasteiger partial charge in [0, 0.05) is 16.5 Å². The molecule has 21 heavy (non-hydrogen) atoms. The largest absolute Gasteiger partial charge is 0.353 e. The highest BCUT2D eigenvalue weighted by Gasteiger charge is 2.16. The van der Waals surface area contributed by atoms with Gasteiger partial charge in [0.15, 0.2) is 5.78 Å². The van der Waals surface area contributed by atoms with Gasteiger partial charge in [-0.2, -0.15) is 0 Å². The molecule has 0 spiro atoms. The van der Waals surface area contributed by atoms with E-state index in [2.05, 4.69) is 5.32 Å². The van der Waals surface area contributed by atoms with Crippen LogP contribution in [0.15, 0.2) is 23.1 Å². The van der Waals surface area contributed by atoms with E-state index in [1.54, 1.807) is 12.1 Å². The summed E-state index contributed by atoms with van der Waals surface area (Å²) in [5.41, 5.74) is 0.350. The monoisotopic (exact) mass is 309 g/mol. The standard InChI is InChI=1S/C16H20FNO2S/c1-11(19)12-7-8-15(14(17)9-12)21-10-16(20)18-13-5-3-2-4-6-13/h7-9,13H,2-6,10H2,1H3,(H,18,20). The Kier molecular flexibility index (Phi) is 5.79. The van der Waals surface area contributed by atoms with E-state index in [0.717, 1.165) is 12.8 Å². The second kappa shape index (κ2) is 7.59. The third-order valence-corrected chi connectivity index (χ3v) is 4.72. The number of nitrogens with one attached hydrogen (secondary N) is 1. The van der Waals surface area contributed by atoms with E-state index >= 15 is 0 Å². The van der Waals surface area contributed by atoms with Crippen molar-refractivity contribution in [2.45, 2.75) is 50.0 Å². The Labute approximate surface area is 128 Å². The van der Waals surface area contributed by atoms with Gasteiger partial charge < -0.3 is 5.32 Å². The Morgan fingerprint density at radius 2 is 2.00 bits per heavy atom. The van der Waals surface area contributed by atoms with Crippen molar-refractivity contribution in [1.82, 2.24) is 5.32 Å². The van der Waals surface area contributed by atoms with Gasteiger partial charge in [0.1, 0.15) is 5.82 Å². The van der Waals surface area contributed by atoms with Crippen LogP contribution in [0.3, 0.4) is 0 Å². The summed E-state index contributed by atoms with van der Waals surface area (Å²) in [5, 5.41) is 3.00. The molecule has 0 saturated heterocycles. The van der Waals surface area contributed by atoms with Crippen LogP contribution >= 0.6 is 11.8 Å². The molecule has 1 saturated carbocycles. The molecule has 1 fully saturated rings. The maximum Gasteiger partial charge on any atom is 0.230 e. The maximum absolute atomic E-state index is 13.8. The van der Waals surface area contributed by atoms with E-state index in [-0.39, 0.29) is 23.5 Å². The van der Waals surface area contributed by atoms with Crippen molar-refractivity contribution in [2.75, 3.05) is 5.75 Å². The van der Waals surface area contributed by atoms with Crippen LogP contribution in [0.5, 0.6) is 0 Å². The van der Waals surface area contributed by atoms with Crippen LogP contribution in [0, 0.1) is 5.82 Å². The molecule has 2 rings (SSSR count). The number of carbonyl (C=O) groups excluding carboxylic acids is 2. The minimum Gasteiger partial charge on any atom is -0.353 e. The highest BCUT2D eigenvalue weighted by atomic mass is 32.2. The SMILES string of the molecule is CC(=O)c1ccc(SCC(=O)NC2CCCCC2)c(F)c1. The Hall–Kier alpha value is -1.36. The third-order valence-electron chi connectivity index (χ3n) is 3.67. The molecule has 1 aromatic rings. The average Bonchev–Trinajstić information content (AvgIpc) is 2.47. The highest BCUT2D eigenvalue weighted by Crippen LogP contribution is 2.23. The molecular weight excluding hydrogens is 289 g/mol. The predicted octanol–water partition coefficient (Wildman–Crippen LogP) is 3.57. The first-order chi connectivity index (χ1) is 10.1. The van der Waals surface area contributed by atoms with Crippen LogP contribution in [0.2, 0.25) is 0 Å². The quantitative estimate of drug-likeness (QED) is 0.668. The number of halogens is 1. The first kappa shape index (κ1) is 16.0. The second-order valence-corrected chi connectivity index (χ2v) is 6.41. The fourth-order valence-corrected chi connectivity index (χ4v) is 3.23. The molecule has 0 heterocycles. The van der Waals surface area contributed by atoms with Crippen molar-refractivity contribution in [2.24, 2.45) is 0 Å². The summed E-state index contributed by atoms with van der Waals surface area (Å²) in [4.78, 5) is 23.4. The number of rotatable bonds is 5. The molecule has 0 unspecified atom stereocenters. The molecule has 0 aromatic heterocycles. The van der Waals surface area contributed by atoms with Gasteiger partial charge in [-0.15, -0.1) is 11.8 Å². The smallest absolute Gasteiger partial charge is 0.230 e. The topological polar surface area (TPSA) is 46.2 Å². The summed E-state index contributed by atoms with van der Waals surface area (Å²) < 4.78 is 13.8. The first-order valence-corrected chi connectivity index (χ1v) is 8.27. The Bertz CT molecular complexity index is 527. The first-order valence-electron chi connectivity index (χ1n) is 7.29. The zero-order valence-electron chi connectivity index (χ0n) is 12.2. The van der Waals surface area contributed by atoms with Crippen molar-refractivity contribution < 1.29 is 14.0 Å². The summed E-state index contributed by atoms with van der Waals surface area (Å²) >= 11 is 1.17. The lowest BCUT2D eigenvalue weighted by atomic mass is 9.95. The lowest BCUT2D eigenvalue weighted by Crippen LogP contribution is -2.37. The van der Waals surface area contributed by atoms with Crippen molar-refractivity contribution in [1.29, 1.82) is 0 Å². The zero-order chi connectivity index (χ0) is 15.2. The van der Waals surface area contributed by atoms with Crippen molar-refractivity contribution in [3.63, 3.8) is 0 Å². The number of carbonyl (C=O) groups is 2. The molecule has 1 N–H and O–H groups in total. The molecule has 1 aliphatic rings. The number of ketones is 1. The third kappa shape index (κ3) is 4.84. The molecule has 114 valence electrons. The molecule has 1 amide bonds. The number of Topliss-reactive ketones (excluding diaryl/α,β-unsaturated/α-hetero) is 1. The number of amides is 1. The molecule has 0 radical (unpaired) electrons. The summed E-state index contributed by atoms with van der Waals surface area (Å²) in [6.45, 7) is 1.40. The lowest BCUT2D eigenvalue weighted by molar-refractivity contribution is -0.119. The molecule has 5 heteroatoms. The van der Waals surface area contributed by atoms with E-state index in [0.29, 0.717) is 10.5 Å². The second-order valence-electron chi connectivity index (χ2n) is 5.39. The minimum absolute atomic E-state index is 0.0538. The number of hydrogen-bond acceptors (Lipinski definition) is 3. The van der Waals surface area contributed by atoms with Crippen LogP contribution in [-0.4, -0.2) is 23.5 Å². The Morgan fingerprint density at radius 3 is 2.62 bits per heavy atom. The van der Waals surface area contributed by atoms with Crippen LogP contribution < -0.4 is 5.32 Å². The van der Waals surface area contributed by atoms with Crippen LogP contribution in [0.25, 0.3) is 0 Å². The van der Waals surface area contributed by atoms with E-state index in [9.17, 15) is 14.0 Å². The van der Waals surface area contributed by atoms with E-state index in [4.69, 9.17) is 0 Å². The fourth-order valence-electron chi connectivity index (χ4n) is 2.50. The number of benzene rings is 1. The maximum atomic E-state index is 13.8. The molecule has 3 nitrogen and oxygen atoms in total. The van der Waals surface area contributed by atoms with Gasteiger partial charge in [-0.05, 0) is 31.9 Å². The molecule has 0 atom stereocenters. The summed E-state index contributed by atoms with van der Waals surface area (Å²) in [6, 6.07) is 4.65. The number of hydrogen-bond donors (Lipinski definition) is 1. The normalized spacial score (nSPS) is 15.7. The average molecular weight is 309 g/mol. The fraction of sp³-hybridized carbons (Fsp3) is 0.500. The van der Waals surface area contributed by atoms with E-state index in [1.165, 1.54) is 44.0 Å². The Balaban J connectivity index is 1.84. The van der Waals surface area contributed by atoms with Crippen molar-refractivity contribution in [3.05, 3.63) is 29.6 Å². The predicted molar refractivity (Wildman–Crippen MR) is 82.1 cm³/mol. The summed E-state index contributed by atoms with van der Waals surface area (Å²) in [6.07, 6.45) is 5.66. The van der Waals surface area contributed by atoms with E-state index in [1.807, 2.05) is 0 Å². The van der Waals surface area contributed by atoms with Gasteiger partial charge in [-0.25, -0.2) is 4.39 Å². The minimum atomic E-state index is -0.446. The van der Waals surface area contributed by atoms with Gasteiger partial charge in [-0.3, -0.25) is 9.59 Å². The molecule has 0 bridgehead atoms. The van der Waals surface area contributed by atoms with Gasteiger partial charge in [0.25, 0.3) is 0 Å². The van der Waals surface area contributed by atoms with Crippen LogP contribution in [0.1, 0.15) is 49.4 Å². The van der Waals surface area contributed by atoms with Gasteiger partial charge in [0.2, 0.25) is 5.91 Å². The summed E-state index contributed by atoms with van der Waals surface area (Å²) in [5.74, 6) is -0.465. The van der Waals surface area contributed by atoms with Crippen molar-refractivity contribution >= 4 is 23.5 Å². The Morgan fingerprint density at radius 1 is 1.29 bits per heavy atom. The van der Waals surface area contributed by atoms with Gasteiger partial charge in [0.05, 0.1) is 5.75 Å². The molecular formula is C16H20FNO2S. The zero-order valence-corrected chi connectivity index (χ0v) is 13.0. The van der Waals surface area contributed by atoms with E-state index < -0.39 is 5.82 Å². The highest BCUT2D eigenvalue weighted by molar-refractivity contribution is 8.00. The summed E-state index contributed by atoms with van der Waals surface area (Å²) in [7, 11) is 0. The molecule has 1 aliphatic carbocycles. The molecule has 0 aliphatic heterocycles. The molecule has 1 aromatic carbocycles. The van der Waals surface area contributed by atoms with Gasteiger partial charge in [-0.1, -0.05) is 25.3 Å². The number of thioether (sulfide) groups is 1. The lowest BCUT2D eigenvalue weighted by Gasteiger charge is -2.22. The van der Waals surface area contributed by atoms with Gasteiger partial charge >= 0.3 is 0 Å². The van der Waals surface area contributed by atoms with Crippen LogP contribution in [0.4, 0.5) is 4.39 Å². The van der Waals surface area contributed by atoms with Crippen molar-refractivity contribution in [3.8, 4) is 0 Å².